The standard InChI is InChI=1S/C19H25N3O3/c1-14-15(19(23)22-8-3-2-6-18(22)20-14)7-9-21-10-12-24-13-16(21)17-5-4-11-25-17/h2-3,6,8,16-17H,4-5,7,9-13H2,1H3. The van der Waals surface area contributed by atoms with Gasteiger partial charge in [-0.3, -0.25) is 14.1 Å². The van der Waals surface area contributed by atoms with Gasteiger partial charge in [-0.25, -0.2) is 4.98 Å². The van der Waals surface area contributed by atoms with Crippen molar-refractivity contribution < 1.29 is 9.47 Å². The van der Waals surface area contributed by atoms with E-state index < -0.39 is 0 Å². The zero-order valence-electron chi connectivity index (χ0n) is 14.7. The Morgan fingerprint density at radius 1 is 1.32 bits per heavy atom. The Kier molecular flexibility index (Phi) is 4.83. The van der Waals surface area contributed by atoms with Crippen molar-refractivity contribution in [3.8, 4) is 0 Å². The number of fused-ring (bicyclic) bond motifs is 1. The Bertz CT molecular complexity index is 798. The fourth-order valence-electron chi connectivity index (χ4n) is 3.96. The molecule has 2 aromatic rings. The highest BCUT2D eigenvalue weighted by Crippen LogP contribution is 2.22. The number of ether oxygens (including phenoxy) is 2. The highest BCUT2D eigenvalue weighted by molar-refractivity contribution is 5.40. The predicted molar refractivity (Wildman–Crippen MR) is 95.1 cm³/mol. The van der Waals surface area contributed by atoms with E-state index in [1.165, 1.54) is 0 Å². The zero-order valence-corrected chi connectivity index (χ0v) is 14.7. The molecule has 0 bridgehead atoms. The Morgan fingerprint density at radius 2 is 2.24 bits per heavy atom. The molecule has 4 rings (SSSR count). The minimum absolute atomic E-state index is 0.0463. The lowest BCUT2D eigenvalue weighted by Crippen LogP contribution is -2.52. The second-order valence-electron chi connectivity index (χ2n) is 6.89. The van der Waals surface area contributed by atoms with E-state index in [0.29, 0.717) is 18.1 Å². The van der Waals surface area contributed by atoms with Crippen molar-refractivity contribution in [3.63, 3.8) is 0 Å². The summed E-state index contributed by atoms with van der Waals surface area (Å²) in [5, 5.41) is 0. The van der Waals surface area contributed by atoms with Crippen LogP contribution in [0.2, 0.25) is 0 Å². The van der Waals surface area contributed by atoms with Crippen LogP contribution in [0, 0.1) is 6.92 Å². The summed E-state index contributed by atoms with van der Waals surface area (Å²) in [7, 11) is 0. The van der Waals surface area contributed by atoms with Gasteiger partial charge < -0.3 is 9.47 Å². The van der Waals surface area contributed by atoms with Gasteiger partial charge in [0.2, 0.25) is 0 Å². The average molecular weight is 343 g/mol. The molecule has 2 unspecified atom stereocenters. The van der Waals surface area contributed by atoms with Gasteiger partial charge in [0.15, 0.2) is 0 Å². The van der Waals surface area contributed by atoms with Crippen molar-refractivity contribution in [2.45, 2.75) is 38.3 Å². The first kappa shape index (κ1) is 16.7. The smallest absolute Gasteiger partial charge is 0.261 e. The van der Waals surface area contributed by atoms with E-state index in [0.717, 1.165) is 57.0 Å². The molecule has 2 aliphatic rings. The van der Waals surface area contributed by atoms with Gasteiger partial charge >= 0.3 is 0 Å². The predicted octanol–water partition coefficient (Wildman–Crippen LogP) is 1.43. The molecule has 0 spiro atoms. The molecule has 0 saturated carbocycles. The van der Waals surface area contributed by atoms with Crippen LogP contribution >= 0.6 is 0 Å². The van der Waals surface area contributed by atoms with E-state index in [1.54, 1.807) is 10.6 Å². The molecule has 0 N–H and O–H groups in total. The quantitative estimate of drug-likeness (QED) is 0.840. The maximum absolute atomic E-state index is 12.8. The summed E-state index contributed by atoms with van der Waals surface area (Å²) >= 11 is 0. The molecule has 0 aromatic carbocycles. The SMILES string of the molecule is Cc1nc2ccccn2c(=O)c1CCN1CCOCC1C1CCCO1. The summed E-state index contributed by atoms with van der Waals surface area (Å²) in [5.74, 6) is 0. The number of aryl methyl sites for hydroxylation is 1. The van der Waals surface area contributed by atoms with Crippen LogP contribution in [0.4, 0.5) is 0 Å². The van der Waals surface area contributed by atoms with Crippen molar-refractivity contribution in [2.75, 3.05) is 32.9 Å². The molecule has 4 heterocycles. The normalized spacial score (nSPS) is 24.8. The molecule has 2 aliphatic heterocycles. The number of hydrogen-bond donors (Lipinski definition) is 0. The van der Waals surface area contributed by atoms with Crippen molar-refractivity contribution in [1.29, 1.82) is 0 Å². The van der Waals surface area contributed by atoms with E-state index >= 15 is 0 Å². The van der Waals surface area contributed by atoms with E-state index in [4.69, 9.17) is 9.47 Å². The molecule has 25 heavy (non-hydrogen) atoms. The van der Waals surface area contributed by atoms with E-state index in [1.807, 2.05) is 25.1 Å². The molecule has 134 valence electrons. The van der Waals surface area contributed by atoms with Gasteiger partial charge in [0.1, 0.15) is 5.65 Å². The van der Waals surface area contributed by atoms with E-state index in [9.17, 15) is 4.79 Å². The molecule has 0 amide bonds. The minimum atomic E-state index is 0.0463. The molecule has 2 aromatic heterocycles. The second-order valence-corrected chi connectivity index (χ2v) is 6.89. The lowest BCUT2D eigenvalue weighted by Gasteiger charge is -2.38. The van der Waals surface area contributed by atoms with Gasteiger partial charge in [-0.2, -0.15) is 0 Å². The zero-order chi connectivity index (χ0) is 17.2. The van der Waals surface area contributed by atoms with Crippen LogP contribution in [0.15, 0.2) is 29.2 Å². The van der Waals surface area contributed by atoms with E-state index in [2.05, 4.69) is 9.88 Å². The van der Waals surface area contributed by atoms with Crippen LogP contribution in [0.1, 0.15) is 24.1 Å². The number of rotatable bonds is 4. The van der Waals surface area contributed by atoms with Crippen LogP contribution in [0.5, 0.6) is 0 Å². The lowest BCUT2D eigenvalue weighted by molar-refractivity contribution is -0.0646. The molecule has 6 heteroatoms. The molecule has 0 radical (unpaired) electrons. The van der Waals surface area contributed by atoms with Crippen LogP contribution in [0.25, 0.3) is 5.65 Å². The van der Waals surface area contributed by atoms with Crippen LogP contribution in [-0.4, -0.2) is 59.3 Å². The first-order valence-corrected chi connectivity index (χ1v) is 9.14. The average Bonchev–Trinajstić information content (AvgIpc) is 3.16. The van der Waals surface area contributed by atoms with Gasteiger partial charge in [0, 0.05) is 37.2 Å². The number of hydrogen-bond acceptors (Lipinski definition) is 5. The summed E-state index contributed by atoms with van der Waals surface area (Å²) in [6.45, 7) is 5.98. The first-order valence-electron chi connectivity index (χ1n) is 9.14. The maximum Gasteiger partial charge on any atom is 0.261 e. The number of morpholine rings is 1. The molecular formula is C19H25N3O3. The van der Waals surface area contributed by atoms with Gasteiger partial charge in [0.05, 0.1) is 25.4 Å². The van der Waals surface area contributed by atoms with Gasteiger partial charge in [-0.05, 0) is 38.3 Å². The lowest BCUT2D eigenvalue weighted by atomic mass is 10.0. The molecule has 2 atom stereocenters. The molecular weight excluding hydrogens is 318 g/mol. The Morgan fingerprint density at radius 3 is 3.08 bits per heavy atom. The third-order valence-electron chi connectivity index (χ3n) is 5.36. The molecule has 6 nitrogen and oxygen atoms in total. The first-order chi connectivity index (χ1) is 12.2. The second kappa shape index (κ2) is 7.23. The Balaban J connectivity index is 1.53. The summed E-state index contributed by atoms with van der Waals surface area (Å²) < 4.78 is 13.2. The molecule has 2 fully saturated rings. The van der Waals surface area contributed by atoms with Gasteiger partial charge in [0.25, 0.3) is 5.56 Å². The third-order valence-corrected chi connectivity index (χ3v) is 5.36. The van der Waals surface area contributed by atoms with Gasteiger partial charge in [-0.15, -0.1) is 0 Å². The largest absolute Gasteiger partial charge is 0.378 e. The van der Waals surface area contributed by atoms with Crippen molar-refractivity contribution in [2.24, 2.45) is 0 Å². The van der Waals surface area contributed by atoms with Crippen LogP contribution in [0.3, 0.4) is 0 Å². The fraction of sp³-hybridized carbons (Fsp3) is 0.579. The number of nitrogens with zero attached hydrogens (tertiary/aromatic N) is 3. The maximum atomic E-state index is 12.8. The van der Waals surface area contributed by atoms with Gasteiger partial charge in [-0.1, -0.05) is 6.07 Å². The Hall–Kier alpha value is -1.76. The highest BCUT2D eigenvalue weighted by atomic mass is 16.5. The number of pyridine rings is 1. The summed E-state index contributed by atoms with van der Waals surface area (Å²) in [4.78, 5) is 19.8. The monoisotopic (exact) mass is 343 g/mol. The summed E-state index contributed by atoms with van der Waals surface area (Å²) in [6.07, 6.45) is 4.99. The Labute approximate surface area is 147 Å². The molecule has 0 aliphatic carbocycles. The molecule has 2 saturated heterocycles. The van der Waals surface area contributed by atoms with Crippen molar-refractivity contribution in [1.82, 2.24) is 14.3 Å². The highest BCUT2D eigenvalue weighted by Gasteiger charge is 2.33. The van der Waals surface area contributed by atoms with Crippen LogP contribution < -0.4 is 5.56 Å². The van der Waals surface area contributed by atoms with Crippen molar-refractivity contribution in [3.05, 3.63) is 46.0 Å². The van der Waals surface area contributed by atoms with E-state index in [-0.39, 0.29) is 11.7 Å². The third kappa shape index (κ3) is 3.34. The summed E-state index contributed by atoms with van der Waals surface area (Å²) in [6, 6.07) is 5.94. The summed E-state index contributed by atoms with van der Waals surface area (Å²) in [5.41, 5.74) is 2.39. The van der Waals surface area contributed by atoms with Crippen LogP contribution in [-0.2, 0) is 15.9 Å². The number of aromatic nitrogens is 2. The minimum Gasteiger partial charge on any atom is -0.378 e. The topological polar surface area (TPSA) is 56.1 Å². The fourth-order valence-corrected chi connectivity index (χ4v) is 3.96. The van der Waals surface area contributed by atoms with Crippen molar-refractivity contribution >= 4 is 5.65 Å².